The number of Topliss-reactive ketones (excluding diaryl/α,β-unsaturated/α-hetero) is 1. The first-order valence-electron chi connectivity index (χ1n) is 12.9. The van der Waals surface area contributed by atoms with E-state index in [-0.39, 0.29) is 30.3 Å². The largest absolute Gasteiger partial charge is 0.456 e. The molecule has 0 aromatic carbocycles. The summed E-state index contributed by atoms with van der Waals surface area (Å²) < 4.78 is 5.68. The van der Waals surface area contributed by atoms with Gasteiger partial charge in [-0.25, -0.2) is 4.79 Å². The zero-order valence-corrected chi connectivity index (χ0v) is 21.9. The Labute approximate surface area is 207 Å². The molecule has 3 fully saturated rings. The minimum atomic E-state index is -1.65. The molecule has 35 heavy (non-hydrogen) atoms. The predicted octanol–water partition coefficient (Wildman–Crippen LogP) is 1.50. The summed E-state index contributed by atoms with van der Waals surface area (Å²) in [6.45, 7) is 12.0. The molecule has 0 aliphatic heterocycles. The highest BCUT2D eigenvalue weighted by atomic mass is 16.6. The predicted molar refractivity (Wildman–Crippen MR) is 127 cm³/mol. The van der Waals surface area contributed by atoms with E-state index in [4.69, 9.17) is 4.74 Å². The van der Waals surface area contributed by atoms with E-state index >= 15 is 0 Å². The van der Waals surface area contributed by atoms with Crippen LogP contribution in [0.2, 0.25) is 0 Å². The summed E-state index contributed by atoms with van der Waals surface area (Å²) >= 11 is 0. The van der Waals surface area contributed by atoms with Gasteiger partial charge in [0, 0.05) is 17.8 Å². The molecule has 8 unspecified atom stereocenters. The maximum Gasteiger partial charge on any atom is 0.335 e. The zero-order chi connectivity index (χ0) is 26.5. The van der Waals surface area contributed by atoms with Crippen molar-refractivity contribution >= 4 is 11.8 Å². The first-order chi connectivity index (χ1) is 16.0. The van der Waals surface area contributed by atoms with Crippen molar-refractivity contribution in [3.63, 3.8) is 0 Å². The van der Waals surface area contributed by atoms with Gasteiger partial charge in [-0.2, -0.15) is 0 Å². The third-order valence-corrected chi connectivity index (χ3v) is 10.6. The van der Waals surface area contributed by atoms with Gasteiger partial charge in [-0.15, -0.1) is 0 Å². The van der Waals surface area contributed by atoms with Crippen molar-refractivity contribution in [1.29, 1.82) is 0 Å². The number of aliphatic hydroxyl groups excluding tert-OH is 3. The molecule has 4 rings (SSSR count). The van der Waals surface area contributed by atoms with Crippen LogP contribution >= 0.6 is 0 Å². The highest BCUT2D eigenvalue weighted by molar-refractivity contribution is 5.93. The van der Waals surface area contributed by atoms with Crippen molar-refractivity contribution < 1.29 is 39.9 Å². The van der Waals surface area contributed by atoms with Crippen LogP contribution in [0.15, 0.2) is 11.1 Å². The Morgan fingerprint density at radius 2 is 1.74 bits per heavy atom. The van der Waals surface area contributed by atoms with E-state index in [0.29, 0.717) is 12.0 Å². The first kappa shape index (κ1) is 26.7. The molecule has 0 aromatic rings. The van der Waals surface area contributed by atoms with E-state index in [1.807, 2.05) is 0 Å². The number of hydrogen-bond donors (Lipinski definition) is 5. The van der Waals surface area contributed by atoms with Gasteiger partial charge < -0.3 is 30.3 Å². The van der Waals surface area contributed by atoms with Gasteiger partial charge in [0.1, 0.15) is 12.2 Å². The minimum Gasteiger partial charge on any atom is -0.456 e. The van der Waals surface area contributed by atoms with E-state index < -0.39 is 70.0 Å². The standard InChI is InChI=1S/C27H42O8/c1-12(2)19(29)23(32)35-16-11-27(34)14(4)21-25(7,17(28)10-15-8-9-26(15,21)33)22(31)20(30)18(13(16)3)24(27,5)6/h12,14-17,19-21,28-30,33-34H,8-11H2,1-7H3/t14?,15-,16?,17?,19?,20?,21?,25-,26?,27?/m1/s1. The van der Waals surface area contributed by atoms with Crippen LogP contribution in [0.4, 0.5) is 0 Å². The lowest BCUT2D eigenvalue weighted by atomic mass is 9.39. The Morgan fingerprint density at radius 3 is 2.26 bits per heavy atom. The number of carbonyl (C=O) groups is 2. The maximum absolute atomic E-state index is 14.0. The van der Waals surface area contributed by atoms with E-state index in [9.17, 15) is 35.1 Å². The van der Waals surface area contributed by atoms with Crippen molar-refractivity contribution in [2.24, 2.45) is 34.5 Å². The zero-order valence-electron chi connectivity index (χ0n) is 21.9. The fraction of sp³-hybridized carbons (Fsp3) is 0.852. The van der Waals surface area contributed by atoms with Crippen molar-refractivity contribution in [2.45, 2.75) is 110 Å². The summed E-state index contributed by atoms with van der Waals surface area (Å²) in [6, 6.07) is 0. The molecule has 2 bridgehead atoms. The van der Waals surface area contributed by atoms with Crippen LogP contribution in [0.1, 0.15) is 74.1 Å². The Bertz CT molecular complexity index is 955. The third kappa shape index (κ3) is 3.29. The lowest BCUT2D eigenvalue weighted by Gasteiger charge is -2.68. The molecule has 4 aliphatic carbocycles. The summed E-state index contributed by atoms with van der Waals surface area (Å²) in [5.41, 5.74) is -4.65. The monoisotopic (exact) mass is 494 g/mol. The number of carbonyl (C=O) groups excluding carboxylic acids is 2. The SMILES string of the molecule is CC1=C2C(O)C(=O)[C@]3(C)C(O)C[C@H]4CCC4(O)C3C(C)C(O)(CC1OC(=O)C(O)C(C)C)C2(C)C. The molecule has 0 saturated heterocycles. The van der Waals surface area contributed by atoms with E-state index in [1.165, 1.54) is 0 Å². The fourth-order valence-electron chi connectivity index (χ4n) is 8.10. The number of esters is 1. The average molecular weight is 495 g/mol. The van der Waals surface area contributed by atoms with Gasteiger partial charge in [0.2, 0.25) is 0 Å². The topological polar surface area (TPSA) is 145 Å². The van der Waals surface area contributed by atoms with Gasteiger partial charge in [0.05, 0.1) is 22.7 Å². The lowest BCUT2D eigenvalue weighted by molar-refractivity contribution is -0.276. The smallest absolute Gasteiger partial charge is 0.335 e. The molecule has 3 saturated carbocycles. The number of rotatable bonds is 3. The van der Waals surface area contributed by atoms with Gasteiger partial charge in [-0.1, -0.05) is 34.6 Å². The van der Waals surface area contributed by atoms with Crippen LogP contribution < -0.4 is 0 Å². The second kappa shape index (κ2) is 8.09. The van der Waals surface area contributed by atoms with Crippen LogP contribution in [0.25, 0.3) is 0 Å². The van der Waals surface area contributed by atoms with Crippen LogP contribution in [-0.4, -0.2) is 72.9 Å². The lowest BCUT2D eigenvalue weighted by Crippen LogP contribution is -2.75. The fourth-order valence-corrected chi connectivity index (χ4v) is 8.10. The Kier molecular flexibility index (Phi) is 6.18. The summed E-state index contributed by atoms with van der Waals surface area (Å²) in [7, 11) is 0. The van der Waals surface area contributed by atoms with Crippen molar-refractivity contribution in [3.05, 3.63) is 11.1 Å². The second-order valence-corrected chi connectivity index (χ2v) is 12.8. The highest BCUT2D eigenvalue weighted by Gasteiger charge is 2.73. The Balaban J connectivity index is 1.90. The van der Waals surface area contributed by atoms with Crippen LogP contribution in [0.5, 0.6) is 0 Å². The molecule has 0 aromatic heterocycles. The number of fused-ring (bicyclic) bond motifs is 5. The summed E-state index contributed by atoms with van der Waals surface area (Å²) in [5.74, 6) is -3.46. The van der Waals surface area contributed by atoms with Crippen LogP contribution in [0, 0.1) is 34.5 Å². The Hall–Kier alpha value is -1.32. The summed E-state index contributed by atoms with van der Waals surface area (Å²) in [5, 5.41) is 57.2. The molecule has 0 spiro atoms. The minimum absolute atomic E-state index is 0.0165. The van der Waals surface area contributed by atoms with Gasteiger partial charge in [0.15, 0.2) is 11.9 Å². The molecule has 10 atom stereocenters. The summed E-state index contributed by atoms with van der Waals surface area (Å²) in [6.07, 6.45) is -3.59. The molecule has 198 valence electrons. The van der Waals surface area contributed by atoms with Gasteiger partial charge in [0.25, 0.3) is 0 Å². The molecule has 8 heteroatoms. The van der Waals surface area contributed by atoms with Crippen LogP contribution in [0.3, 0.4) is 0 Å². The number of ketones is 1. The van der Waals surface area contributed by atoms with Gasteiger partial charge >= 0.3 is 5.97 Å². The Morgan fingerprint density at radius 1 is 1.14 bits per heavy atom. The number of ether oxygens (including phenoxy) is 1. The molecular formula is C27H42O8. The molecule has 0 radical (unpaired) electrons. The van der Waals surface area contributed by atoms with Crippen LogP contribution in [-0.2, 0) is 14.3 Å². The second-order valence-electron chi connectivity index (χ2n) is 12.8. The molecule has 0 heterocycles. The van der Waals surface area contributed by atoms with Crippen molar-refractivity contribution in [3.8, 4) is 0 Å². The normalized spacial score (nSPS) is 47.7. The van der Waals surface area contributed by atoms with Crippen molar-refractivity contribution in [2.75, 3.05) is 0 Å². The van der Waals surface area contributed by atoms with Gasteiger partial charge in [-0.05, 0) is 62.0 Å². The van der Waals surface area contributed by atoms with Crippen molar-refractivity contribution in [1.82, 2.24) is 0 Å². The molecule has 8 nitrogen and oxygen atoms in total. The quantitative estimate of drug-likeness (QED) is 0.293. The summed E-state index contributed by atoms with van der Waals surface area (Å²) in [4.78, 5) is 26.7. The third-order valence-electron chi connectivity index (χ3n) is 10.6. The molecule has 0 amide bonds. The average Bonchev–Trinajstić information content (AvgIpc) is 2.76. The molecular weight excluding hydrogens is 452 g/mol. The van der Waals surface area contributed by atoms with E-state index in [0.717, 1.165) is 6.42 Å². The van der Waals surface area contributed by atoms with E-state index in [2.05, 4.69) is 0 Å². The maximum atomic E-state index is 14.0. The highest BCUT2D eigenvalue weighted by Crippen LogP contribution is 2.66. The number of aliphatic hydroxyl groups is 5. The van der Waals surface area contributed by atoms with E-state index in [1.54, 1.807) is 48.5 Å². The number of hydrogen-bond acceptors (Lipinski definition) is 8. The van der Waals surface area contributed by atoms with Gasteiger partial charge in [-0.3, -0.25) is 4.79 Å². The first-order valence-corrected chi connectivity index (χ1v) is 12.9. The molecule has 4 aliphatic rings. The molecule has 5 N–H and O–H groups in total.